The fourth-order valence-corrected chi connectivity index (χ4v) is 3.78. The summed E-state index contributed by atoms with van der Waals surface area (Å²) < 4.78 is 0. The van der Waals surface area contributed by atoms with Crippen molar-refractivity contribution in [3.63, 3.8) is 0 Å². The van der Waals surface area contributed by atoms with Crippen LogP contribution in [0, 0.1) is 0 Å². The van der Waals surface area contributed by atoms with Crippen molar-refractivity contribution in [2.45, 2.75) is 44.6 Å². The van der Waals surface area contributed by atoms with E-state index in [0.717, 1.165) is 38.5 Å². The maximum absolute atomic E-state index is 10.6. The topological polar surface area (TPSA) is 20.2 Å². The molecule has 7 rings (SSSR count). The number of rotatable bonds is 0. The highest BCUT2D eigenvalue weighted by molar-refractivity contribution is 5.62. The fraction of sp³-hybridized carbons (Fsp3) is 0.333. The second-order valence-electron chi connectivity index (χ2n) is 6.52. The Morgan fingerprint density at radius 1 is 0.773 bits per heavy atom. The highest BCUT2D eigenvalue weighted by Crippen LogP contribution is 2.34. The Kier molecular flexibility index (Phi) is 3.59. The number of aryl methyl sites for hydroxylation is 4. The summed E-state index contributed by atoms with van der Waals surface area (Å²) in [5, 5.41) is 10.6. The molecule has 1 N–H and O–H groups in total. The van der Waals surface area contributed by atoms with Gasteiger partial charge in [0.1, 0.15) is 0 Å². The van der Waals surface area contributed by atoms with Crippen LogP contribution in [-0.4, -0.2) is 5.11 Å². The predicted octanol–water partition coefficient (Wildman–Crippen LogP) is 4.41. The molecule has 0 aromatic heterocycles. The minimum absolute atomic E-state index is 0.316. The molecule has 1 atom stereocenters. The predicted molar refractivity (Wildman–Crippen MR) is 90.9 cm³/mol. The molecule has 0 unspecified atom stereocenters. The van der Waals surface area contributed by atoms with Crippen molar-refractivity contribution in [3.05, 3.63) is 75.9 Å². The molecule has 0 radical (unpaired) electrons. The summed E-state index contributed by atoms with van der Waals surface area (Å²) in [6, 6.07) is 13.6. The Morgan fingerprint density at radius 2 is 1.41 bits per heavy atom. The number of allylic oxidation sites excluding steroid dienone is 1. The van der Waals surface area contributed by atoms with Crippen LogP contribution < -0.4 is 0 Å². The van der Waals surface area contributed by atoms with E-state index in [1.54, 1.807) is 0 Å². The number of aliphatic hydroxyl groups is 1. The van der Waals surface area contributed by atoms with Crippen molar-refractivity contribution in [1.29, 1.82) is 0 Å². The molecule has 0 amide bonds. The summed E-state index contributed by atoms with van der Waals surface area (Å²) in [6.45, 7) is 0. The van der Waals surface area contributed by atoms with Crippen molar-refractivity contribution >= 4 is 6.08 Å². The van der Waals surface area contributed by atoms with E-state index in [1.165, 1.54) is 33.4 Å². The van der Waals surface area contributed by atoms with Crippen LogP contribution in [0.5, 0.6) is 0 Å². The number of hydrogen-bond acceptors (Lipinski definition) is 1. The first-order valence-corrected chi connectivity index (χ1v) is 8.38. The lowest BCUT2D eigenvalue weighted by molar-refractivity contribution is 0.168. The summed E-state index contributed by atoms with van der Waals surface area (Å²) in [4.78, 5) is 0. The van der Waals surface area contributed by atoms with E-state index < -0.39 is 0 Å². The van der Waals surface area contributed by atoms with Gasteiger partial charge in [-0.05, 0) is 71.9 Å². The van der Waals surface area contributed by atoms with E-state index in [9.17, 15) is 5.11 Å². The average Bonchev–Trinajstić information content (AvgIpc) is 2.73. The molecule has 0 aliphatic heterocycles. The minimum atomic E-state index is -0.316. The van der Waals surface area contributed by atoms with Crippen molar-refractivity contribution in [2.24, 2.45) is 0 Å². The van der Waals surface area contributed by atoms with Crippen molar-refractivity contribution in [1.82, 2.24) is 0 Å². The van der Waals surface area contributed by atoms with Crippen LogP contribution in [0.3, 0.4) is 0 Å². The summed E-state index contributed by atoms with van der Waals surface area (Å²) in [5.41, 5.74) is 7.97. The first kappa shape index (κ1) is 13.8. The van der Waals surface area contributed by atoms with Gasteiger partial charge in [0.05, 0.1) is 6.10 Å². The highest BCUT2D eigenvalue weighted by Gasteiger charge is 2.20. The van der Waals surface area contributed by atoms with Gasteiger partial charge >= 0.3 is 0 Å². The van der Waals surface area contributed by atoms with E-state index in [1.807, 2.05) is 0 Å². The van der Waals surface area contributed by atoms with Gasteiger partial charge in [0.25, 0.3) is 0 Å². The second-order valence-corrected chi connectivity index (χ2v) is 6.52. The van der Waals surface area contributed by atoms with E-state index in [-0.39, 0.29) is 6.10 Å². The van der Waals surface area contributed by atoms with E-state index in [2.05, 4.69) is 48.6 Å². The number of benzene rings is 2. The van der Waals surface area contributed by atoms with Crippen LogP contribution in [0.25, 0.3) is 6.08 Å². The molecule has 2 aromatic carbocycles. The summed E-state index contributed by atoms with van der Waals surface area (Å²) in [7, 11) is 0. The van der Waals surface area contributed by atoms with Crippen molar-refractivity contribution in [3.8, 4) is 0 Å². The Hall–Kier alpha value is -1.86. The maximum atomic E-state index is 10.6. The number of aliphatic hydroxyl groups excluding tert-OH is 1. The Morgan fingerprint density at radius 3 is 2.14 bits per heavy atom. The minimum Gasteiger partial charge on any atom is -0.388 e. The van der Waals surface area contributed by atoms with Crippen molar-refractivity contribution in [2.75, 3.05) is 0 Å². The Bertz CT molecular complexity index is 709. The molecule has 0 saturated carbocycles. The van der Waals surface area contributed by atoms with Gasteiger partial charge in [-0.3, -0.25) is 0 Å². The van der Waals surface area contributed by atoms with Crippen molar-refractivity contribution < 1.29 is 5.11 Å². The standard InChI is InChI=1S/C21H22O/c22-20-4-2-1-3-19-17-11-9-15-5-7-16(8-6-15)10-12-18(14-13-17)21(19)20/h1,3,5-8,13-14,20,22H,2,4,9-12H2/t20-/m1/s1. The third-order valence-corrected chi connectivity index (χ3v) is 5.08. The van der Waals surface area contributed by atoms with Gasteiger partial charge in [-0.1, -0.05) is 48.6 Å². The second kappa shape index (κ2) is 5.73. The zero-order valence-electron chi connectivity index (χ0n) is 12.9. The largest absolute Gasteiger partial charge is 0.388 e. The third-order valence-electron chi connectivity index (χ3n) is 5.08. The monoisotopic (exact) mass is 290 g/mol. The summed E-state index contributed by atoms with van der Waals surface area (Å²) in [5.74, 6) is 0. The SMILES string of the molecule is O[C@@H]1CCC=Cc2c3ccc(c21)CCc1ccc(cc1)CC3. The van der Waals surface area contributed by atoms with E-state index in [0.29, 0.717) is 0 Å². The average molecular weight is 290 g/mol. The quantitative estimate of drug-likeness (QED) is 0.762. The molecule has 1 nitrogen and oxygen atoms in total. The van der Waals surface area contributed by atoms with Gasteiger partial charge in [0, 0.05) is 0 Å². The molecular formula is C21H22O. The van der Waals surface area contributed by atoms with E-state index in [4.69, 9.17) is 0 Å². The number of hydrogen-bond donors (Lipinski definition) is 1. The van der Waals surface area contributed by atoms with Crippen LogP contribution in [0.1, 0.15) is 52.3 Å². The molecule has 1 heteroatoms. The van der Waals surface area contributed by atoms with Crippen LogP contribution in [0.4, 0.5) is 0 Å². The van der Waals surface area contributed by atoms with Gasteiger partial charge in [0.2, 0.25) is 0 Å². The lowest BCUT2D eigenvalue weighted by Gasteiger charge is -2.21. The zero-order chi connectivity index (χ0) is 14.9. The fourth-order valence-electron chi connectivity index (χ4n) is 3.78. The van der Waals surface area contributed by atoms with Crippen LogP contribution in [-0.2, 0) is 25.7 Å². The molecule has 0 heterocycles. The molecule has 4 bridgehead atoms. The molecule has 5 aliphatic carbocycles. The van der Waals surface area contributed by atoms with Crippen LogP contribution in [0.2, 0.25) is 0 Å². The molecule has 5 aliphatic rings. The first-order valence-electron chi connectivity index (χ1n) is 8.38. The Balaban J connectivity index is 1.85. The lowest BCUT2D eigenvalue weighted by atomic mass is 9.86. The molecule has 112 valence electrons. The normalized spacial score (nSPS) is 20.1. The molecule has 0 saturated heterocycles. The van der Waals surface area contributed by atoms with E-state index >= 15 is 0 Å². The Labute approximate surface area is 132 Å². The van der Waals surface area contributed by atoms with Gasteiger partial charge < -0.3 is 5.11 Å². The molecule has 2 aromatic rings. The molecule has 0 fully saturated rings. The first-order chi connectivity index (χ1) is 10.8. The van der Waals surface area contributed by atoms with Gasteiger partial charge in [0.15, 0.2) is 0 Å². The van der Waals surface area contributed by atoms with Crippen LogP contribution >= 0.6 is 0 Å². The van der Waals surface area contributed by atoms with Crippen LogP contribution in [0.15, 0.2) is 42.5 Å². The van der Waals surface area contributed by atoms with Gasteiger partial charge in [-0.25, -0.2) is 0 Å². The third kappa shape index (κ3) is 2.50. The lowest BCUT2D eigenvalue weighted by Crippen LogP contribution is -2.09. The zero-order valence-corrected chi connectivity index (χ0v) is 12.9. The maximum Gasteiger partial charge on any atom is 0.0801 e. The molecule has 0 spiro atoms. The molecular weight excluding hydrogens is 268 g/mol. The summed E-state index contributed by atoms with van der Waals surface area (Å²) >= 11 is 0. The summed E-state index contributed by atoms with van der Waals surface area (Å²) in [6.07, 6.45) is 10.1. The van der Waals surface area contributed by atoms with Gasteiger partial charge in [-0.15, -0.1) is 0 Å². The van der Waals surface area contributed by atoms with Gasteiger partial charge in [-0.2, -0.15) is 0 Å². The molecule has 22 heavy (non-hydrogen) atoms. The smallest absolute Gasteiger partial charge is 0.0801 e. The highest BCUT2D eigenvalue weighted by atomic mass is 16.3.